The lowest BCUT2D eigenvalue weighted by Gasteiger charge is -2.10. The van der Waals surface area contributed by atoms with Crippen molar-refractivity contribution < 1.29 is 9.90 Å². The molecule has 5 heteroatoms. The number of carbonyl (C=O) groups is 1. The van der Waals surface area contributed by atoms with E-state index in [-0.39, 0.29) is 5.75 Å². The number of benzene rings is 1. The standard InChI is InChI=1S/C23H27NO2S2/c1-2-3-4-5-7-18-9-11-20(12-10-18)24-13-6-8-21(24)14-19-15-23(27-16-19)28-17-22(25)26/h6,8-13,15-16H,2-5,7,14,17H2,1H3,(H,25,26). The van der Waals surface area contributed by atoms with Crippen LogP contribution in [0.1, 0.15) is 49.4 Å². The van der Waals surface area contributed by atoms with Crippen LogP contribution in [-0.4, -0.2) is 21.4 Å². The Morgan fingerprint density at radius 1 is 1.11 bits per heavy atom. The Morgan fingerprint density at radius 2 is 1.93 bits per heavy atom. The van der Waals surface area contributed by atoms with Crippen LogP contribution in [0.15, 0.2) is 58.3 Å². The Hall–Kier alpha value is -1.98. The highest BCUT2D eigenvalue weighted by molar-refractivity contribution is 8.01. The normalized spacial score (nSPS) is 11.0. The molecule has 1 aromatic carbocycles. The van der Waals surface area contributed by atoms with E-state index in [1.165, 1.54) is 60.0 Å². The second kappa shape index (κ2) is 10.5. The van der Waals surface area contributed by atoms with Crippen LogP contribution in [-0.2, 0) is 17.6 Å². The Balaban J connectivity index is 1.62. The van der Waals surface area contributed by atoms with Gasteiger partial charge in [-0.2, -0.15) is 0 Å². The minimum Gasteiger partial charge on any atom is -0.481 e. The highest BCUT2D eigenvalue weighted by atomic mass is 32.2. The van der Waals surface area contributed by atoms with Gasteiger partial charge in [-0.05, 0) is 59.7 Å². The van der Waals surface area contributed by atoms with Gasteiger partial charge in [0, 0.05) is 24.0 Å². The molecule has 3 nitrogen and oxygen atoms in total. The first kappa shape index (κ1) is 20.7. The Labute approximate surface area is 175 Å². The molecule has 0 aliphatic carbocycles. The molecule has 3 rings (SSSR count). The molecule has 0 saturated carbocycles. The van der Waals surface area contributed by atoms with Crippen LogP contribution in [0.4, 0.5) is 0 Å². The summed E-state index contributed by atoms with van der Waals surface area (Å²) < 4.78 is 3.30. The summed E-state index contributed by atoms with van der Waals surface area (Å²) in [7, 11) is 0. The summed E-state index contributed by atoms with van der Waals surface area (Å²) in [4.78, 5) is 10.7. The number of unbranched alkanes of at least 4 members (excludes halogenated alkanes) is 3. The minimum atomic E-state index is -0.775. The summed E-state index contributed by atoms with van der Waals surface area (Å²) in [6, 6.07) is 15.3. The zero-order chi connectivity index (χ0) is 19.8. The van der Waals surface area contributed by atoms with Crippen molar-refractivity contribution in [3.8, 4) is 5.69 Å². The van der Waals surface area contributed by atoms with Crippen molar-refractivity contribution in [3.05, 3.63) is 70.9 Å². The molecule has 1 N–H and O–H groups in total. The van der Waals surface area contributed by atoms with E-state index < -0.39 is 5.97 Å². The number of aryl methyl sites for hydroxylation is 1. The monoisotopic (exact) mass is 413 g/mol. The molecule has 0 amide bonds. The zero-order valence-electron chi connectivity index (χ0n) is 16.3. The van der Waals surface area contributed by atoms with Gasteiger partial charge in [-0.15, -0.1) is 23.1 Å². The van der Waals surface area contributed by atoms with Crippen molar-refractivity contribution in [2.45, 2.75) is 49.7 Å². The number of thiophene rings is 1. The van der Waals surface area contributed by atoms with E-state index in [0.29, 0.717) is 0 Å². The number of thioether (sulfide) groups is 1. The average molecular weight is 414 g/mol. The fourth-order valence-electron chi connectivity index (χ4n) is 3.25. The molecular weight excluding hydrogens is 386 g/mol. The second-order valence-corrected chi connectivity index (χ2v) is 9.17. The number of aliphatic carboxylic acids is 1. The van der Waals surface area contributed by atoms with Crippen LogP contribution >= 0.6 is 23.1 Å². The lowest BCUT2D eigenvalue weighted by Crippen LogP contribution is -1.99. The molecule has 0 radical (unpaired) electrons. The number of carboxylic acid groups (broad SMARTS) is 1. The summed E-state index contributed by atoms with van der Waals surface area (Å²) in [5.41, 5.74) is 5.06. The van der Waals surface area contributed by atoms with Crippen molar-refractivity contribution in [2.75, 3.05) is 5.75 Å². The highest BCUT2D eigenvalue weighted by Gasteiger charge is 2.08. The first-order valence-corrected chi connectivity index (χ1v) is 11.7. The Bertz CT molecular complexity index is 880. The Kier molecular flexibility index (Phi) is 7.80. The van der Waals surface area contributed by atoms with E-state index in [2.05, 4.69) is 65.5 Å². The van der Waals surface area contributed by atoms with E-state index in [9.17, 15) is 4.79 Å². The van der Waals surface area contributed by atoms with Crippen molar-refractivity contribution in [1.82, 2.24) is 4.57 Å². The van der Waals surface area contributed by atoms with Crippen LogP contribution in [0.25, 0.3) is 5.69 Å². The van der Waals surface area contributed by atoms with E-state index in [1.54, 1.807) is 11.3 Å². The number of rotatable bonds is 11. The van der Waals surface area contributed by atoms with Gasteiger partial charge in [0.25, 0.3) is 0 Å². The maximum absolute atomic E-state index is 10.7. The van der Waals surface area contributed by atoms with Crippen LogP contribution in [0.5, 0.6) is 0 Å². The third kappa shape index (κ3) is 6.01. The van der Waals surface area contributed by atoms with E-state index >= 15 is 0 Å². The van der Waals surface area contributed by atoms with Crippen LogP contribution in [0, 0.1) is 0 Å². The number of nitrogens with zero attached hydrogens (tertiary/aromatic N) is 1. The van der Waals surface area contributed by atoms with Gasteiger partial charge >= 0.3 is 5.97 Å². The molecule has 28 heavy (non-hydrogen) atoms. The summed E-state index contributed by atoms with van der Waals surface area (Å²) in [5, 5.41) is 10.9. The largest absolute Gasteiger partial charge is 0.481 e. The van der Waals surface area contributed by atoms with Gasteiger partial charge in [-0.25, -0.2) is 0 Å². The second-order valence-electron chi connectivity index (χ2n) is 6.98. The first-order chi connectivity index (χ1) is 13.7. The van der Waals surface area contributed by atoms with Crippen LogP contribution in [0.3, 0.4) is 0 Å². The molecule has 0 aliphatic rings. The summed E-state index contributed by atoms with van der Waals surface area (Å²) in [5.74, 6) is -0.663. The molecule has 3 aromatic rings. The van der Waals surface area contributed by atoms with Gasteiger partial charge in [-0.1, -0.05) is 38.3 Å². The van der Waals surface area contributed by atoms with Crippen molar-refractivity contribution >= 4 is 29.1 Å². The first-order valence-electron chi connectivity index (χ1n) is 9.83. The van der Waals surface area contributed by atoms with Crippen molar-refractivity contribution in [3.63, 3.8) is 0 Å². The quantitative estimate of drug-likeness (QED) is 0.291. The predicted molar refractivity (Wildman–Crippen MR) is 119 cm³/mol. The van der Waals surface area contributed by atoms with Crippen LogP contribution in [0.2, 0.25) is 0 Å². The summed E-state index contributed by atoms with van der Waals surface area (Å²) in [6.45, 7) is 2.25. The van der Waals surface area contributed by atoms with Crippen molar-refractivity contribution in [2.24, 2.45) is 0 Å². The van der Waals surface area contributed by atoms with E-state index in [4.69, 9.17) is 5.11 Å². The maximum Gasteiger partial charge on any atom is 0.313 e. The molecule has 0 spiro atoms. The molecule has 0 aliphatic heterocycles. The van der Waals surface area contributed by atoms with E-state index in [0.717, 1.165) is 17.1 Å². The number of carboxylic acids is 1. The van der Waals surface area contributed by atoms with Gasteiger partial charge in [-0.3, -0.25) is 4.79 Å². The lowest BCUT2D eigenvalue weighted by molar-refractivity contribution is -0.133. The van der Waals surface area contributed by atoms with E-state index in [1.807, 2.05) is 0 Å². The Morgan fingerprint density at radius 3 is 2.68 bits per heavy atom. The SMILES string of the molecule is CCCCCCc1ccc(-n2cccc2Cc2csc(SCC(=O)O)c2)cc1. The van der Waals surface area contributed by atoms with Gasteiger partial charge < -0.3 is 9.67 Å². The topological polar surface area (TPSA) is 42.2 Å². The lowest BCUT2D eigenvalue weighted by atomic mass is 10.1. The fraction of sp³-hybridized carbons (Fsp3) is 0.348. The van der Waals surface area contributed by atoms with Crippen molar-refractivity contribution in [1.29, 1.82) is 0 Å². The number of hydrogen-bond acceptors (Lipinski definition) is 3. The molecule has 0 unspecified atom stereocenters. The van der Waals surface area contributed by atoms with Crippen LogP contribution < -0.4 is 0 Å². The molecule has 0 atom stereocenters. The third-order valence-corrected chi connectivity index (χ3v) is 6.93. The summed E-state index contributed by atoms with van der Waals surface area (Å²) in [6.07, 6.45) is 9.29. The fourth-order valence-corrected chi connectivity index (χ4v) is 4.99. The predicted octanol–water partition coefficient (Wildman–Crippen LogP) is 6.43. The smallest absolute Gasteiger partial charge is 0.313 e. The van der Waals surface area contributed by atoms with Gasteiger partial charge in [0.2, 0.25) is 0 Å². The molecule has 2 heterocycles. The van der Waals surface area contributed by atoms with Gasteiger partial charge in [0.05, 0.1) is 9.96 Å². The molecule has 148 valence electrons. The molecule has 0 bridgehead atoms. The summed E-state index contributed by atoms with van der Waals surface area (Å²) >= 11 is 3.00. The molecule has 0 fully saturated rings. The molecule has 2 aromatic heterocycles. The molecular formula is C23H27NO2S2. The number of hydrogen-bond donors (Lipinski definition) is 1. The zero-order valence-corrected chi connectivity index (χ0v) is 17.9. The van der Waals surface area contributed by atoms with Gasteiger partial charge in [0.15, 0.2) is 0 Å². The van der Waals surface area contributed by atoms with Gasteiger partial charge in [0.1, 0.15) is 0 Å². The average Bonchev–Trinajstić information content (AvgIpc) is 3.34. The minimum absolute atomic E-state index is 0.112. The highest BCUT2D eigenvalue weighted by Crippen LogP contribution is 2.28. The number of aromatic nitrogens is 1. The maximum atomic E-state index is 10.7. The molecule has 0 saturated heterocycles. The third-order valence-electron chi connectivity index (χ3n) is 4.72.